The second-order valence-electron chi connectivity index (χ2n) is 5.73. The summed E-state index contributed by atoms with van der Waals surface area (Å²) in [5.41, 5.74) is 5.29. The molecular formula is C15H30N2OS. The first-order valence-electron chi connectivity index (χ1n) is 7.73. The van der Waals surface area contributed by atoms with Crippen LogP contribution in [0.2, 0.25) is 0 Å². The van der Waals surface area contributed by atoms with Gasteiger partial charge in [-0.1, -0.05) is 27.2 Å². The number of nitrogens with two attached hydrogens (primary N) is 1. The molecule has 0 aliphatic heterocycles. The van der Waals surface area contributed by atoms with Crippen LogP contribution in [0.25, 0.3) is 0 Å². The van der Waals surface area contributed by atoms with E-state index in [0.717, 1.165) is 44.4 Å². The molecule has 0 radical (unpaired) electrons. The summed E-state index contributed by atoms with van der Waals surface area (Å²) in [6, 6.07) is 0. The highest BCUT2D eigenvalue weighted by atomic mass is 32.2. The molecule has 0 aromatic carbocycles. The molecule has 1 aliphatic rings. The molecule has 0 aromatic heterocycles. The van der Waals surface area contributed by atoms with Crippen LogP contribution in [0.5, 0.6) is 0 Å². The zero-order valence-electron chi connectivity index (χ0n) is 12.7. The van der Waals surface area contributed by atoms with Gasteiger partial charge in [-0.05, 0) is 50.3 Å². The third kappa shape index (κ3) is 4.38. The van der Waals surface area contributed by atoms with Crippen molar-refractivity contribution in [2.45, 2.75) is 70.1 Å². The summed E-state index contributed by atoms with van der Waals surface area (Å²) >= 11 is 2.02. The molecular weight excluding hydrogens is 256 g/mol. The van der Waals surface area contributed by atoms with Crippen molar-refractivity contribution in [3.05, 3.63) is 0 Å². The quantitative estimate of drug-likeness (QED) is 0.685. The lowest BCUT2D eigenvalue weighted by Crippen LogP contribution is -2.58. The standard InChI is InChI=1S/C15H30N2OS/c1-4-10-17-15(14(16)18)9-6-7-13(15)8-11-19-12(3)5-2/h12-13,17H,4-11H2,1-3H3,(H2,16,18). The maximum absolute atomic E-state index is 11.9. The van der Waals surface area contributed by atoms with Crippen molar-refractivity contribution in [1.82, 2.24) is 5.32 Å². The van der Waals surface area contributed by atoms with Crippen molar-refractivity contribution in [1.29, 1.82) is 0 Å². The highest BCUT2D eigenvalue weighted by Crippen LogP contribution is 2.38. The minimum absolute atomic E-state index is 0.142. The Morgan fingerprint density at radius 3 is 2.84 bits per heavy atom. The lowest BCUT2D eigenvalue weighted by Gasteiger charge is -2.34. The van der Waals surface area contributed by atoms with Crippen molar-refractivity contribution >= 4 is 17.7 Å². The Morgan fingerprint density at radius 1 is 1.53 bits per heavy atom. The lowest BCUT2D eigenvalue weighted by molar-refractivity contribution is -0.126. The topological polar surface area (TPSA) is 55.1 Å². The third-order valence-corrected chi connectivity index (χ3v) is 5.77. The van der Waals surface area contributed by atoms with Gasteiger partial charge < -0.3 is 11.1 Å². The predicted molar refractivity (Wildman–Crippen MR) is 84.4 cm³/mol. The number of hydrogen-bond acceptors (Lipinski definition) is 3. The molecule has 3 nitrogen and oxygen atoms in total. The Kier molecular flexibility index (Phi) is 7.22. The van der Waals surface area contributed by atoms with Crippen LogP contribution in [0.4, 0.5) is 0 Å². The fourth-order valence-corrected chi connectivity index (χ4v) is 4.05. The van der Waals surface area contributed by atoms with Crippen LogP contribution in [0, 0.1) is 5.92 Å². The molecule has 3 atom stereocenters. The van der Waals surface area contributed by atoms with Gasteiger partial charge in [0.05, 0.1) is 0 Å². The fraction of sp³-hybridized carbons (Fsp3) is 0.933. The molecule has 0 saturated heterocycles. The van der Waals surface area contributed by atoms with Crippen LogP contribution < -0.4 is 11.1 Å². The highest BCUT2D eigenvalue weighted by Gasteiger charge is 2.46. The van der Waals surface area contributed by atoms with Crippen LogP contribution in [-0.2, 0) is 4.79 Å². The van der Waals surface area contributed by atoms with Crippen molar-refractivity contribution in [3.8, 4) is 0 Å². The highest BCUT2D eigenvalue weighted by molar-refractivity contribution is 7.99. The Labute approximate surface area is 122 Å². The zero-order valence-corrected chi connectivity index (χ0v) is 13.5. The van der Waals surface area contributed by atoms with Gasteiger partial charge in [0.2, 0.25) is 5.91 Å². The maximum Gasteiger partial charge on any atom is 0.238 e. The predicted octanol–water partition coefficient (Wildman–Crippen LogP) is 2.93. The third-order valence-electron chi connectivity index (χ3n) is 4.39. The molecule has 0 spiro atoms. The number of thioether (sulfide) groups is 1. The summed E-state index contributed by atoms with van der Waals surface area (Å²) in [7, 11) is 0. The largest absolute Gasteiger partial charge is 0.368 e. The normalized spacial score (nSPS) is 28.5. The van der Waals surface area contributed by atoms with E-state index >= 15 is 0 Å². The van der Waals surface area contributed by atoms with Gasteiger partial charge in [-0.15, -0.1) is 0 Å². The van der Waals surface area contributed by atoms with Gasteiger partial charge in [0.15, 0.2) is 0 Å². The average molecular weight is 286 g/mol. The molecule has 19 heavy (non-hydrogen) atoms. The van der Waals surface area contributed by atoms with Crippen LogP contribution in [0.3, 0.4) is 0 Å². The van der Waals surface area contributed by atoms with Gasteiger partial charge in [0, 0.05) is 5.25 Å². The molecule has 1 aliphatic carbocycles. The van der Waals surface area contributed by atoms with E-state index in [1.54, 1.807) is 0 Å². The summed E-state index contributed by atoms with van der Waals surface area (Å²) in [5.74, 6) is 1.42. The molecule has 1 saturated carbocycles. The minimum Gasteiger partial charge on any atom is -0.368 e. The van der Waals surface area contributed by atoms with Gasteiger partial charge in [-0.2, -0.15) is 11.8 Å². The van der Waals surface area contributed by atoms with Crippen molar-refractivity contribution in [2.24, 2.45) is 11.7 Å². The zero-order chi connectivity index (χ0) is 14.3. The average Bonchev–Trinajstić information content (AvgIpc) is 2.80. The first-order valence-corrected chi connectivity index (χ1v) is 8.78. The number of carbonyl (C=O) groups is 1. The SMILES string of the molecule is CCCNC1(C(N)=O)CCCC1CCSC(C)CC. The van der Waals surface area contributed by atoms with Crippen LogP contribution in [-0.4, -0.2) is 29.0 Å². The molecule has 4 heteroatoms. The van der Waals surface area contributed by atoms with E-state index in [2.05, 4.69) is 26.1 Å². The number of nitrogens with one attached hydrogen (secondary N) is 1. The Bertz CT molecular complexity index is 285. The van der Waals surface area contributed by atoms with E-state index in [9.17, 15) is 4.79 Å². The van der Waals surface area contributed by atoms with Crippen molar-refractivity contribution in [3.63, 3.8) is 0 Å². The summed E-state index contributed by atoms with van der Waals surface area (Å²) < 4.78 is 0. The van der Waals surface area contributed by atoms with E-state index < -0.39 is 5.54 Å². The van der Waals surface area contributed by atoms with E-state index in [1.807, 2.05) is 11.8 Å². The van der Waals surface area contributed by atoms with E-state index in [4.69, 9.17) is 5.73 Å². The van der Waals surface area contributed by atoms with Gasteiger partial charge in [0.1, 0.15) is 5.54 Å². The smallest absolute Gasteiger partial charge is 0.238 e. The maximum atomic E-state index is 11.9. The molecule has 1 fully saturated rings. The lowest BCUT2D eigenvalue weighted by atomic mass is 9.84. The Balaban J connectivity index is 2.56. The van der Waals surface area contributed by atoms with Crippen LogP contribution >= 0.6 is 11.8 Å². The van der Waals surface area contributed by atoms with Gasteiger partial charge in [-0.25, -0.2) is 0 Å². The van der Waals surface area contributed by atoms with E-state index in [1.165, 1.54) is 6.42 Å². The molecule has 1 amide bonds. The summed E-state index contributed by atoms with van der Waals surface area (Å²) in [5, 5.41) is 4.18. The minimum atomic E-state index is -0.425. The number of hydrogen-bond donors (Lipinski definition) is 2. The van der Waals surface area contributed by atoms with E-state index in [-0.39, 0.29) is 5.91 Å². The summed E-state index contributed by atoms with van der Waals surface area (Å²) in [4.78, 5) is 11.9. The Morgan fingerprint density at radius 2 is 2.26 bits per heavy atom. The molecule has 112 valence electrons. The molecule has 3 N–H and O–H groups in total. The monoisotopic (exact) mass is 286 g/mol. The molecule has 0 heterocycles. The summed E-state index contributed by atoms with van der Waals surface area (Å²) in [6.07, 6.45) is 6.54. The van der Waals surface area contributed by atoms with Crippen LogP contribution in [0.15, 0.2) is 0 Å². The molecule has 1 rings (SSSR count). The number of primary amides is 1. The molecule has 3 unspecified atom stereocenters. The molecule has 0 bridgehead atoms. The van der Waals surface area contributed by atoms with Crippen LogP contribution in [0.1, 0.15) is 59.3 Å². The number of rotatable bonds is 9. The van der Waals surface area contributed by atoms with Crippen molar-refractivity contribution < 1.29 is 4.79 Å². The number of carbonyl (C=O) groups excluding carboxylic acids is 1. The Hall–Kier alpha value is -0.220. The fourth-order valence-electron chi connectivity index (χ4n) is 2.99. The van der Waals surface area contributed by atoms with Gasteiger partial charge in [0.25, 0.3) is 0 Å². The second-order valence-corrected chi connectivity index (χ2v) is 7.28. The van der Waals surface area contributed by atoms with E-state index in [0.29, 0.717) is 11.2 Å². The van der Waals surface area contributed by atoms with Gasteiger partial charge >= 0.3 is 0 Å². The van der Waals surface area contributed by atoms with Crippen molar-refractivity contribution in [2.75, 3.05) is 12.3 Å². The number of amides is 1. The summed E-state index contributed by atoms with van der Waals surface area (Å²) in [6.45, 7) is 7.52. The molecule has 0 aromatic rings. The second kappa shape index (κ2) is 8.15. The first kappa shape index (κ1) is 16.8. The van der Waals surface area contributed by atoms with Gasteiger partial charge in [-0.3, -0.25) is 4.79 Å². The first-order chi connectivity index (χ1) is 9.06.